The minimum Gasteiger partial charge on any atom is -0.504 e. The summed E-state index contributed by atoms with van der Waals surface area (Å²) in [6.45, 7) is -0.740. The number of nitro groups is 1. The van der Waals surface area contributed by atoms with Crippen LogP contribution in [0, 0.1) is 10.1 Å². The van der Waals surface area contributed by atoms with E-state index in [4.69, 9.17) is 5.11 Å². The molecule has 0 fully saturated rings. The zero-order valence-electron chi connectivity index (χ0n) is 9.28. The van der Waals surface area contributed by atoms with Crippen molar-refractivity contribution in [2.24, 2.45) is 0 Å². The number of nitrogens with zero attached hydrogens (tertiary/aromatic N) is 1. The zero-order chi connectivity index (χ0) is 13.5. The van der Waals surface area contributed by atoms with E-state index in [0.29, 0.717) is 5.56 Å². The summed E-state index contributed by atoms with van der Waals surface area (Å²) >= 11 is 0. The number of ether oxygens (including phenoxy) is 1. The zero-order valence-corrected chi connectivity index (χ0v) is 9.28. The number of benzene rings is 1. The second-order valence-corrected chi connectivity index (χ2v) is 3.31. The Hall–Kier alpha value is -2.57. The Labute approximate surface area is 102 Å². The lowest BCUT2D eigenvalue weighted by molar-refractivity contribution is -0.482. The summed E-state index contributed by atoms with van der Waals surface area (Å²) in [6, 6.07) is 4.01. The van der Waals surface area contributed by atoms with Gasteiger partial charge in [-0.1, -0.05) is 6.07 Å². The summed E-state index contributed by atoms with van der Waals surface area (Å²) < 4.78 is 4.55. The predicted molar refractivity (Wildman–Crippen MR) is 61.6 cm³/mol. The Balaban J connectivity index is 2.50. The summed E-state index contributed by atoms with van der Waals surface area (Å²) in [5.41, 5.74) is 0.483. The van der Waals surface area contributed by atoms with Gasteiger partial charge >= 0.3 is 5.97 Å². The summed E-state index contributed by atoms with van der Waals surface area (Å²) in [6.07, 6.45) is 2.43. The Morgan fingerprint density at radius 2 is 2.11 bits per heavy atom. The molecule has 7 nitrogen and oxygen atoms in total. The highest BCUT2D eigenvalue weighted by atomic mass is 16.6. The van der Waals surface area contributed by atoms with Gasteiger partial charge in [0.1, 0.15) is 0 Å². The van der Waals surface area contributed by atoms with E-state index in [1.807, 2.05) is 0 Å². The smallest absolute Gasteiger partial charge is 0.331 e. The van der Waals surface area contributed by atoms with E-state index < -0.39 is 17.4 Å². The molecule has 0 amide bonds. The van der Waals surface area contributed by atoms with E-state index in [-0.39, 0.29) is 18.1 Å². The van der Waals surface area contributed by atoms with Gasteiger partial charge in [0.2, 0.25) is 6.54 Å². The van der Waals surface area contributed by atoms with Gasteiger partial charge in [0, 0.05) is 11.0 Å². The topological polar surface area (TPSA) is 110 Å². The summed E-state index contributed by atoms with van der Waals surface area (Å²) in [4.78, 5) is 20.5. The maximum atomic E-state index is 11.1. The molecule has 0 radical (unpaired) electrons. The van der Waals surface area contributed by atoms with Crippen molar-refractivity contribution in [1.82, 2.24) is 0 Å². The number of phenols is 2. The van der Waals surface area contributed by atoms with Crippen molar-refractivity contribution in [3.8, 4) is 11.5 Å². The molecule has 1 aromatic rings. The molecule has 0 aromatic heterocycles. The van der Waals surface area contributed by atoms with Crippen LogP contribution in [0.2, 0.25) is 0 Å². The lowest BCUT2D eigenvalue weighted by Gasteiger charge is -1.99. The fourth-order valence-corrected chi connectivity index (χ4v) is 1.08. The van der Waals surface area contributed by atoms with Crippen LogP contribution < -0.4 is 0 Å². The molecule has 0 heterocycles. The number of hydrogen-bond acceptors (Lipinski definition) is 6. The van der Waals surface area contributed by atoms with Crippen LogP contribution in [0.15, 0.2) is 24.3 Å². The van der Waals surface area contributed by atoms with Crippen molar-refractivity contribution in [3.63, 3.8) is 0 Å². The van der Waals surface area contributed by atoms with Crippen LogP contribution >= 0.6 is 0 Å². The number of esters is 1. The Morgan fingerprint density at radius 1 is 1.39 bits per heavy atom. The lowest BCUT2D eigenvalue weighted by Crippen LogP contribution is -2.11. The van der Waals surface area contributed by atoms with Gasteiger partial charge in [-0.05, 0) is 23.8 Å². The molecule has 0 atom stereocenters. The molecule has 2 N–H and O–H groups in total. The standard InChI is InChI=1S/C11H11NO6/c13-9-3-1-8(7-10(9)14)2-4-11(15)18-6-5-12(16)17/h1-4,7,13-14H,5-6H2. The van der Waals surface area contributed by atoms with Gasteiger partial charge in [-0.2, -0.15) is 0 Å². The highest BCUT2D eigenvalue weighted by Crippen LogP contribution is 2.25. The van der Waals surface area contributed by atoms with E-state index in [9.17, 15) is 20.0 Å². The SMILES string of the molecule is O=C(C=Cc1ccc(O)c(O)c1)OCC[N+](=O)[O-]. The van der Waals surface area contributed by atoms with E-state index in [0.717, 1.165) is 6.08 Å². The number of carbonyl (C=O) groups is 1. The van der Waals surface area contributed by atoms with Crippen molar-refractivity contribution < 1.29 is 24.7 Å². The van der Waals surface area contributed by atoms with Crippen LogP contribution in [0.1, 0.15) is 5.56 Å². The van der Waals surface area contributed by atoms with E-state index in [2.05, 4.69) is 4.74 Å². The fraction of sp³-hybridized carbons (Fsp3) is 0.182. The molecule has 0 spiro atoms. The molecule has 96 valence electrons. The van der Waals surface area contributed by atoms with E-state index >= 15 is 0 Å². The second-order valence-electron chi connectivity index (χ2n) is 3.31. The molecule has 0 unspecified atom stereocenters. The summed E-state index contributed by atoms with van der Waals surface area (Å²) in [7, 11) is 0. The van der Waals surface area contributed by atoms with Crippen LogP contribution in [0.3, 0.4) is 0 Å². The molecule has 0 saturated heterocycles. The van der Waals surface area contributed by atoms with Crippen LogP contribution in [0.5, 0.6) is 11.5 Å². The van der Waals surface area contributed by atoms with Crippen LogP contribution in [0.25, 0.3) is 6.08 Å². The number of carbonyl (C=O) groups excluding carboxylic acids is 1. The predicted octanol–water partition coefficient (Wildman–Crippen LogP) is 0.931. The molecule has 0 saturated carbocycles. The van der Waals surface area contributed by atoms with Crippen molar-refractivity contribution in [2.45, 2.75) is 0 Å². The molecular formula is C11H11NO6. The summed E-state index contributed by atoms with van der Waals surface area (Å²) in [5, 5.41) is 28.2. The third kappa shape index (κ3) is 4.52. The molecular weight excluding hydrogens is 242 g/mol. The van der Waals surface area contributed by atoms with Gasteiger partial charge in [0.15, 0.2) is 18.1 Å². The van der Waals surface area contributed by atoms with Gasteiger partial charge < -0.3 is 14.9 Å². The van der Waals surface area contributed by atoms with Crippen molar-refractivity contribution in [1.29, 1.82) is 0 Å². The van der Waals surface area contributed by atoms with Gasteiger partial charge in [0.05, 0.1) is 0 Å². The average molecular weight is 253 g/mol. The molecule has 0 aliphatic rings. The van der Waals surface area contributed by atoms with Crippen LogP contribution in [-0.4, -0.2) is 34.3 Å². The van der Waals surface area contributed by atoms with E-state index in [1.54, 1.807) is 0 Å². The highest BCUT2D eigenvalue weighted by Gasteiger charge is 2.02. The minimum atomic E-state index is -0.718. The first-order valence-corrected chi connectivity index (χ1v) is 4.97. The first-order valence-electron chi connectivity index (χ1n) is 4.97. The minimum absolute atomic E-state index is 0.263. The van der Waals surface area contributed by atoms with Gasteiger partial charge in [-0.25, -0.2) is 4.79 Å². The van der Waals surface area contributed by atoms with Crippen molar-refractivity contribution >= 4 is 12.0 Å². The molecule has 7 heteroatoms. The average Bonchev–Trinajstić information content (AvgIpc) is 2.30. The second kappa shape index (κ2) is 6.24. The first kappa shape index (κ1) is 13.5. The van der Waals surface area contributed by atoms with Gasteiger partial charge in [-0.3, -0.25) is 10.1 Å². The van der Waals surface area contributed by atoms with E-state index in [1.165, 1.54) is 24.3 Å². The molecule has 1 aromatic carbocycles. The Bertz CT molecular complexity index is 482. The largest absolute Gasteiger partial charge is 0.504 e. The Morgan fingerprint density at radius 3 is 2.72 bits per heavy atom. The first-order chi connectivity index (χ1) is 8.49. The fourth-order valence-electron chi connectivity index (χ4n) is 1.08. The Kier molecular flexibility index (Phi) is 4.67. The van der Waals surface area contributed by atoms with Crippen LogP contribution in [-0.2, 0) is 9.53 Å². The normalized spacial score (nSPS) is 10.4. The summed E-state index contributed by atoms with van der Waals surface area (Å²) in [5.74, 6) is -1.29. The number of rotatable bonds is 5. The van der Waals surface area contributed by atoms with Crippen molar-refractivity contribution in [2.75, 3.05) is 13.2 Å². The van der Waals surface area contributed by atoms with Crippen LogP contribution in [0.4, 0.5) is 0 Å². The quantitative estimate of drug-likeness (QED) is 0.265. The molecule has 18 heavy (non-hydrogen) atoms. The maximum absolute atomic E-state index is 11.1. The molecule has 1 rings (SSSR count). The number of hydrogen-bond donors (Lipinski definition) is 2. The maximum Gasteiger partial charge on any atom is 0.331 e. The van der Waals surface area contributed by atoms with Gasteiger partial charge in [0.25, 0.3) is 0 Å². The molecule has 0 aliphatic heterocycles. The van der Waals surface area contributed by atoms with Gasteiger partial charge in [-0.15, -0.1) is 0 Å². The number of phenolic OH excluding ortho intramolecular Hbond substituents is 2. The van der Waals surface area contributed by atoms with Crippen molar-refractivity contribution in [3.05, 3.63) is 40.0 Å². The molecule has 0 bridgehead atoms. The lowest BCUT2D eigenvalue weighted by atomic mass is 10.2. The number of aromatic hydroxyl groups is 2. The monoisotopic (exact) mass is 253 g/mol. The highest BCUT2D eigenvalue weighted by molar-refractivity contribution is 5.87. The third-order valence-electron chi connectivity index (χ3n) is 1.93. The third-order valence-corrected chi connectivity index (χ3v) is 1.93. The molecule has 0 aliphatic carbocycles.